The second kappa shape index (κ2) is 6.47. The number of hydrogen-bond acceptors (Lipinski definition) is 4. The summed E-state index contributed by atoms with van der Waals surface area (Å²) in [5, 5.41) is 14.0. The average Bonchev–Trinajstić information content (AvgIpc) is 2.60. The summed E-state index contributed by atoms with van der Waals surface area (Å²) in [5.41, 5.74) is 6.57. The summed E-state index contributed by atoms with van der Waals surface area (Å²) in [6.07, 6.45) is 3.15. The fourth-order valence-corrected chi connectivity index (χ4v) is 4.62. The molecule has 2 heterocycles. The highest BCUT2D eigenvalue weighted by Gasteiger charge is 2.35. The molecule has 0 amide bonds. The first kappa shape index (κ1) is 18.7. The molecule has 0 saturated carbocycles. The highest BCUT2D eigenvalue weighted by Crippen LogP contribution is 2.54. The highest BCUT2D eigenvalue weighted by atomic mass is 16.5. The van der Waals surface area contributed by atoms with Crippen molar-refractivity contribution in [3.63, 3.8) is 0 Å². The molecule has 28 heavy (non-hydrogen) atoms. The van der Waals surface area contributed by atoms with Gasteiger partial charge in [0.05, 0.1) is 18.2 Å². The van der Waals surface area contributed by atoms with E-state index in [0.29, 0.717) is 11.7 Å². The molecule has 0 aliphatic carbocycles. The molecule has 0 radical (unpaired) electrons. The first-order chi connectivity index (χ1) is 13.2. The Morgan fingerprint density at radius 3 is 2.61 bits per heavy atom. The topological polar surface area (TPSA) is 50.7 Å². The molecule has 0 aromatic heterocycles. The molecule has 1 unspecified atom stereocenters. The van der Waals surface area contributed by atoms with Gasteiger partial charge in [0.15, 0.2) is 11.5 Å². The van der Waals surface area contributed by atoms with Crippen LogP contribution in [0.4, 0.5) is 5.69 Å². The number of ether oxygens (including phenoxy) is 2. The van der Waals surface area contributed by atoms with Crippen LogP contribution in [0.15, 0.2) is 30.3 Å². The zero-order valence-electron chi connectivity index (χ0n) is 17.5. The Labute approximate surface area is 167 Å². The lowest BCUT2D eigenvalue weighted by Crippen LogP contribution is -2.32. The van der Waals surface area contributed by atoms with Crippen LogP contribution >= 0.6 is 0 Å². The van der Waals surface area contributed by atoms with E-state index in [9.17, 15) is 5.11 Å². The van der Waals surface area contributed by atoms with Crippen molar-refractivity contribution in [2.24, 2.45) is 5.92 Å². The van der Waals surface area contributed by atoms with Gasteiger partial charge in [0.2, 0.25) is 0 Å². The van der Waals surface area contributed by atoms with E-state index >= 15 is 0 Å². The summed E-state index contributed by atoms with van der Waals surface area (Å²) in [6.45, 7) is 11.0. The van der Waals surface area contributed by atoms with E-state index in [4.69, 9.17) is 9.47 Å². The minimum absolute atomic E-state index is 0.0435. The van der Waals surface area contributed by atoms with Gasteiger partial charge in [-0.15, -0.1) is 0 Å². The molecule has 2 aliphatic rings. The molecule has 0 fully saturated rings. The first-order valence-corrected chi connectivity index (χ1v) is 9.93. The number of hydrogen-bond donors (Lipinski definition) is 2. The largest absolute Gasteiger partial charge is 0.504 e. The van der Waals surface area contributed by atoms with Crippen molar-refractivity contribution in [2.75, 3.05) is 12.4 Å². The predicted molar refractivity (Wildman–Crippen MR) is 114 cm³/mol. The number of fused-ring (bicyclic) bond motifs is 5. The third-order valence-electron chi connectivity index (χ3n) is 5.52. The quantitative estimate of drug-likeness (QED) is 0.671. The molecule has 0 saturated heterocycles. The number of allylic oxidation sites excluding steroid dienone is 1. The number of aromatic hydroxyl groups is 1. The van der Waals surface area contributed by atoms with Gasteiger partial charge in [-0.25, -0.2) is 0 Å². The van der Waals surface area contributed by atoms with Crippen molar-refractivity contribution >= 4 is 11.3 Å². The van der Waals surface area contributed by atoms with Crippen LogP contribution in [0.25, 0.3) is 16.7 Å². The Morgan fingerprint density at radius 1 is 1.18 bits per heavy atom. The summed E-state index contributed by atoms with van der Waals surface area (Å²) in [7, 11) is 1.59. The Hall–Kier alpha value is -2.62. The minimum atomic E-state index is -0.0950. The maximum Gasteiger partial charge on any atom is 0.172 e. The van der Waals surface area contributed by atoms with Gasteiger partial charge in [0.25, 0.3) is 0 Å². The number of anilines is 1. The molecule has 4 nitrogen and oxygen atoms in total. The molecule has 0 spiro atoms. The second-order valence-electron chi connectivity index (χ2n) is 8.85. The highest BCUT2D eigenvalue weighted by molar-refractivity contribution is 5.92. The molecular weight excluding hydrogens is 350 g/mol. The van der Waals surface area contributed by atoms with Crippen molar-refractivity contribution in [3.8, 4) is 28.4 Å². The lowest BCUT2D eigenvalue weighted by atomic mass is 9.80. The second-order valence-corrected chi connectivity index (χ2v) is 8.85. The van der Waals surface area contributed by atoms with Gasteiger partial charge >= 0.3 is 0 Å². The normalized spacial score (nSPS) is 19.0. The van der Waals surface area contributed by atoms with E-state index in [-0.39, 0.29) is 17.4 Å². The van der Waals surface area contributed by atoms with Gasteiger partial charge in [-0.2, -0.15) is 0 Å². The lowest BCUT2D eigenvalue weighted by Gasteiger charge is -2.37. The van der Waals surface area contributed by atoms with Crippen LogP contribution in [0.1, 0.15) is 58.3 Å². The van der Waals surface area contributed by atoms with E-state index in [1.807, 2.05) is 6.07 Å². The first-order valence-electron chi connectivity index (χ1n) is 9.93. The lowest BCUT2D eigenvalue weighted by molar-refractivity contribution is 0.173. The number of rotatable bonds is 3. The number of nitrogens with one attached hydrogen (secondary N) is 1. The van der Waals surface area contributed by atoms with Gasteiger partial charge in [-0.1, -0.05) is 26.0 Å². The van der Waals surface area contributed by atoms with E-state index in [0.717, 1.165) is 29.0 Å². The summed E-state index contributed by atoms with van der Waals surface area (Å²) < 4.78 is 12.0. The molecule has 4 rings (SSSR count). The summed E-state index contributed by atoms with van der Waals surface area (Å²) in [4.78, 5) is 0. The van der Waals surface area contributed by atoms with Crippen LogP contribution in [0.2, 0.25) is 0 Å². The maximum atomic E-state index is 10.4. The van der Waals surface area contributed by atoms with Gasteiger partial charge in [0, 0.05) is 16.8 Å². The number of methoxy groups -OCH3 is 1. The molecule has 148 valence electrons. The smallest absolute Gasteiger partial charge is 0.172 e. The van der Waals surface area contributed by atoms with Crippen molar-refractivity contribution < 1.29 is 14.6 Å². The van der Waals surface area contributed by atoms with Crippen molar-refractivity contribution in [3.05, 3.63) is 41.5 Å². The fraction of sp³-hybridized carbons (Fsp3) is 0.417. The zero-order valence-corrected chi connectivity index (χ0v) is 17.5. The van der Waals surface area contributed by atoms with Crippen LogP contribution in [0.3, 0.4) is 0 Å². The van der Waals surface area contributed by atoms with Gasteiger partial charge in [-0.05, 0) is 62.4 Å². The summed E-state index contributed by atoms with van der Waals surface area (Å²) >= 11 is 0. The molecule has 0 bridgehead atoms. The monoisotopic (exact) mass is 379 g/mol. The summed E-state index contributed by atoms with van der Waals surface area (Å²) in [6, 6.07) is 7.75. The average molecular weight is 380 g/mol. The molecular formula is C24H29NO3. The van der Waals surface area contributed by atoms with Gasteiger partial charge < -0.3 is 19.9 Å². The van der Waals surface area contributed by atoms with Crippen molar-refractivity contribution in [1.82, 2.24) is 0 Å². The molecule has 4 heteroatoms. The van der Waals surface area contributed by atoms with E-state index in [1.54, 1.807) is 13.2 Å². The number of phenols is 1. The van der Waals surface area contributed by atoms with Crippen LogP contribution in [0, 0.1) is 5.92 Å². The Morgan fingerprint density at radius 2 is 1.93 bits per heavy atom. The van der Waals surface area contributed by atoms with Crippen LogP contribution in [0.5, 0.6) is 17.2 Å². The van der Waals surface area contributed by atoms with Gasteiger partial charge in [-0.3, -0.25) is 0 Å². The van der Waals surface area contributed by atoms with Gasteiger partial charge in [0.1, 0.15) is 11.9 Å². The molecule has 2 aliphatic heterocycles. The minimum Gasteiger partial charge on any atom is -0.504 e. The maximum absolute atomic E-state index is 10.4. The SMILES string of the molecule is COc1c(O)ccc2c1-c1ccc3c(c1C(CC(C)C)O2)C(C)=CC(C)(C)N3. The van der Waals surface area contributed by atoms with Crippen LogP contribution in [-0.2, 0) is 0 Å². The Kier molecular flexibility index (Phi) is 4.33. The zero-order chi connectivity index (χ0) is 20.2. The molecule has 1 atom stereocenters. The Balaban J connectivity index is 2.02. The standard InChI is InChI=1S/C24H29NO3/c1-13(2)11-19-21-15(22-18(28-19)10-9-17(26)23(22)27-6)7-8-16-20(21)14(3)12-24(4,5)25-16/h7-10,12-13,19,25-26H,11H2,1-6H3. The summed E-state index contributed by atoms with van der Waals surface area (Å²) in [5.74, 6) is 1.85. The third-order valence-corrected chi connectivity index (χ3v) is 5.52. The fourth-order valence-electron chi connectivity index (χ4n) is 4.62. The predicted octanol–water partition coefficient (Wildman–Crippen LogP) is 6.15. The van der Waals surface area contributed by atoms with Crippen LogP contribution in [-0.4, -0.2) is 17.8 Å². The van der Waals surface area contributed by atoms with E-state index < -0.39 is 0 Å². The van der Waals surface area contributed by atoms with Crippen molar-refractivity contribution in [1.29, 1.82) is 0 Å². The number of phenolic OH excluding ortho intramolecular Hbond substituents is 1. The molecule has 2 N–H and O–H groups in total. The number of benzene rings is 2. The molecule has 2 aromatic carbocycles. The van der Waals surface area contributed by atoms with E-state index in [1.165, 1.54) is 16.7 Å². The van der Waals surface area contributed by atoms with E-state index in [2.05, 4.69) is 58.1 Å². The van der Waals surface area contributed by atoms with Crippen molar-refractivity contribution in [2.45, 2.75) is 52.7 Å². The third kappa shape index (κ3) is 2.92. The molecule has 2 aromatic rings. The Bertz CT molecular complexity index is 972. The van der Waals surface area contributed by atoms with Crippen LogP contribution < -0.4 is 14.8 Å².